The number of carbonyl (C=O) groups excluding carboxylic acids is 1. The molecule has 1 aliphatic rings. The Balaban J connectivity index is 2.02. The quantitative estimate of drug-likeness (QED) is 0.423. The molecule has 0 saturated carbocycles. The monoisotopic (exact) mass is 388 g/mol. The van der Waals surface area contributed by atoms with Crippen molar-refractivity contribution in [2.24, 2.45) is 5.41 Å². The minimum absolute atomic E-state index is 0.285. The van der Waals surface area contributed by atoms with Gasteiger partial charge >= 0.3 is 5.97 Å². The smallest absolute Gasteiger partial charge is 0.316 e. The van der Waals surface area contributed by atoms with E-state index < -0.39 is 10.8 Å². The summed E-state index contributed by atoms with van der Waals surface area (Å²) in [7, 11) is 0. The molecule has 0 spiro atoms. The van der Waals surface area contributed by atoms with E-state index in [2.05, 4.69) is 30.9 Å². The van der Waals surface area contributed by atoms with Crippen LogP contribution >= 0.6 is 0 Å². The van der Waals surface area contributed by atoms with Crippen LogP contribution < -0.4 is 4.74 Å². The van der Waals surface area contributed by atoms with Crippen LogP contribution in [0.15, 0.2) is 85.3 Å². The van der Waals surface area contributed by atoms with Crippen molar-refractivity contribution < 1.29 is 14.3 Å². The van der Waals surface area contributed by atoms with Crippen molar-refractivity contribution in [2.45, 2.75) is 39.0 Å². The minimum atomic E-state index is -0.613. The molecule has 0 unspecified atom stereocenters. The Morgan fingerprint density at radius 1 is 1.07 bits per heavy atom. The van der Waals surface area contributed by atoms with Gasteiger partial charge < -0.3 is 9.47 Å². The Bertz CT molecular complexity index is 932. The molecule has 29 heavy (non-hydrogen) atoms. The molecule has 0 aliphatic carbocycles. The normalized spacial score (nSPS) is 18.5. The van der Waals surface area contributed by atoms with E-state index in [4.69, 9.17) is 9.47 Å². The lowest BCUT2D eigenvalue weighted by Gasteiger charge is -2.38. The number of para-hydroxylation sites is 1. The van der Waals surface area contributed by atoms with Gasteiger partial charge in [-0.1, -0.05) is 66.8 Å². The van der Waals surface area contributed by atoms with Gasteiger partial charge in [0.1, 0.15) is 12.0 Å². The Morgan fingerprint density at radius 3 is 2.45 bits per heavy atom. The zero-order valence-electron chi connectivity index (χ0n) is 17.4. The minimum Gasteiger partial charge on any atom is -0.461 e. The van der Waals surface area contributed by atoms with Crippen LogP contribution in [0.5, 0.6) is 5.75 Å². The lowest BCUT2D eigenvalue weighted by Crippen LogP contribution is -2.35. The fourth-order valence-corrected chi connectivity index (χ4v) is 3.41. The van der Waals surface area contributed by atoms with Crippen molar-refractivity contribution in [3.8, 4) is 5.75 Å². The third-order valence-corrected chi connectivity index (χ3v) is 5.05. The Morgan fingerprint density at radius 2 is 1.76 bits per heavy atom. The first kappa shape index (κ1) is 20.7. The molecule has 3 heteroatoms. The molecule has 3 nitrogen and oxygen atoms in total. The van der Waals surface area contributed by atoms with E-state index in [9.17, 15) is 4.79 Å². The van der Waals surface area contributed by atoms with E-state index in [1.54, 1.807) is 6.26 Å². The van der Waals surface area contributed by atoms with Gasteiger partial charge in [0.05, 0.1) is 10.8 Å². The molecular weight excluding hydrogens is 360 g/mol. The molecule has 0 aromatic heterocycles. The molecule has 0 bridgehead atoms. The summed E-state index contributed by atoms with van der Waals surface area (Å²) in [5.74, 6) is 1.01. The van der Waals surface area contributed by atoms with E-state index in [1.165, 1.54) is 0 Å². The zero-order valence-corrected chi connectivity index (χ0v) is 17.4. The molecule has 1 heterocycles. The average Bonchev–Trinajstić information content (AvgIpc) is 2.70. The first-order chi connectivity index (χ1) is 13.9. The van der Waals surface area contributed by atoms with Crippen LogP contribution in [0.25, 0.3) is 6.08 Å². The summed E-state index contributed by atoms with van der Waals surface area (Å²) < 4.78 is 11.7. The number of carbonyl (C=O) groups is 1. The summed E-state index contributed by atoms with van der Waals surface area (Å²) >= 11 is 0. The molecule has 1 atom stereocenters. The van der Waals surface area contributed by atoms with Crippen LogP contribution in [0.4, 0.5) is 0 Å². The van der Waals surface area contributed by atoms with E-state index in [1.807, 2.05) is 69.3 Å². The largest absolute Gasteiger partial charge is 0.461 e. The lowest BCUT2D eigenvalue weighted by atomic mass is 9.72. The molecular formula is C26H28O3. The van der Waals surface area contributed by atoms with Gasteiger partial charge in [0.2, 0.25) is 0 Å². The maximum Gasteiger partial charge on any atom is 0.316 e. The van der Waals surface area contributed by atoms with Crippen molar-refractivity contribution in [1.82, 2.24) is 0 Å². The summed E-state index contributed by atoms with van der Waals surface area (Å²) in [6.45, 7) is 9.50. The number of benzene rings is 2. The number of rotatable bonds is 6. The molecule has 0 radical (unpaired) electrons. The third kappa shape index (κ3) is 4.51. The Hall–Kier alpha value is -3.07. The van der Waals surface area contributed by atoms with E-state index in [0.717, 1.165) is 16.9 Å². The second-order valence-corrected chi connectivity index (χ2v) is 8.33. The van der Waals surface area contributed by atoms with Gasteiger partial charge in [0.15, 0.2) is 5.76 Å². The molecule has 3 rings (SSSR count). The third-order valence-electron chi connectivity index (χ3n) is 5.05. The fourth-order valence-electron chi connectivity index (χ4n) is 3.41. The highest BCUT2D eigenvalue weighted by Crippen LogP contribution is 2.47. The standard InChI is InChI=1S/C26H28O3/c1-5-17-26(18-11-14-20-12-7-6-8-13-20)21-15-9-10-16-22(21)28-19-23(26)29-24(27)25(2,3)4/h5-16,19H,1,17-18H2,2-4H3/b14-11+/t26-/m0/s1. The summed E-state index contributed by atoms with van der Waals surface area (Å²) in [5, 5.41) is 0. The first-order valence-corrected chi connectivity index (χ1v) is 9.88. The molecule has 0 fully saturated rings. The maximum atomic E-state index is 12.7. The Labute approximate surface area is 173 Å². The van der Waals surface area contributed by atoms with E-state index >= 15 is 0 Å². The van der Waals surface area contributed by atoms with Crippen LogP contribution in [0.2, 0.25) is 0 Å². The summed E-state index contributed by atoms with van der Waals surface area (Å²) in [5.41, 5.74) is 0.955. The number of hydrogen-bond acceptors (Lipinski definition) is 3. The van der Waals surface area contributed by atoms with Gasteiger partial charge in [0.25, 0.3) is 0 Å². The SMILES string of the molecule is C=CC[C@@]1(C/C=C/c2ccccc2)C(OC(=O)C(C)(C)C)=COc2ccccc21. The van der Waals surface area contributed by atoms with E-state index in [0.29, 0.717) is 18.6 Å². The average molecular weight is 389 g/mol. The molecule has 150 valence electrons. The van der Waals surface area contributed by atoms with E-state index in [-0.39, 0.29) is 5.97 Å². The number of hydrogen-bond donors (Lipinski definition) is 0. The van der Waals surface area contributed by atoms with Gasteiger partial charge in [-0.05, 0) is 45.2 Å². The number of allylic oxidation sites excluding steroid dienone is 3. The van der Waals surface area contributed by atoms with Crippen molar-refractivity contribution in [3.63, 3.8) is 0 Å². The highest BCUT2D eigenvalue weighted by atomic mass is 16.6. The second kappa shape index (κ2) is 8.52. The van der Waals surface area contributed by atoms with Crippen LogP contribution in [0, 0.1) is 5.41 Å². The highest BCUT2D eigenvalue weighted by molar-refractivity contribution is 5.77. The zero-order chi connectivity index (χ0) is 20.9. The van der Waals surface area contributed by atoms with Gasteiger partial charge in [-0.3, -0.25) is 4.79 Å². The second-order valence-electron chi connectivity index (χ2n) is 8.33. The topological polar surface area (TPSA) is 35.5 Å². The Kier molecular flexibility index (Phi) is 6.07. The molecule has 0 amide bonds. The molecule has 0 saturated heterocycles. The molecule has 0 N–H and O–H groups in total. The van der Waals surface area contributed by atoms with Gasteiger partial charge in [0, 0.05) is 5.56 Å². The summed E-state index contributed by atoms with van der Waals surface area (Å²) in [6, 6.07) is 18.0. The maximum absolute atomic E-state index is 12.7. The van der Waals surface area contributed by atoms with Crippen LogP contribution in [-0.2, 0) is 14.9 Å². The molecule has 1 aliphatic heterocycles. The molecule has 2 aromatic carbocycles. The summed E-state index contributed by atoms with van der Waals surface area (Å²) in [6.07, 6.45) is 8.93. The number of fused-ring (bicyclic) bond motifs is 1. The van der Waals surface area contributed by atoms with Crippen molar-refractivity contribution in [3.05, 3.63) is 96.5 Å². The highest BCUT2D eigenvalue weighted by Gasteiger charge is 2.43. The summed E-state index contributed by atoms with van der Waals surface area (Å²) in [4.78, 5) is 12.7. The first-order valence-electron chi connectivity index (χ1n) is 9.88. The van der Waals surface area contributed by atoms with Crippen LogP contribution in [0.3, 0.4) is 0 Å². The predicted molar refractivity (Wildman–Crippen MR) is 117 cm³/mol. The number of esters is 1. The molecule has 2 aromatic rings. The van der Waals surface area contributed by atoms with Gasteiger partial charge in [-0.2, -0.15) is 0 Å². The van der Waals surface area contributed by atoms with Gasteiger partial charge in [-0.15, -0.1) is 6.58 Å². The van der Waals surface area contributed by atoms with Crippen LogP contribution in [0.1, 0.15) is 44.7 Å². The van der Waals surface area contributed by atoms with Crippen molar-refractivity contribution in [1.29, 1.82) is 0 Å². The number of ether oxygens (including phenoxy) is 2. The van der Waals surface area contributed by atoms with Gasteiger partial charge in [-0.25, -0.2) is 0 Å². The fraction of sp³-hybridized carbons (Fsp3) is 0.269. The predicted octanol–water partition coefficient (Wildman–Crippen LogP) is 6.43. The van der Waals surface area contributed by atoms with Crippen molar-refractivity contribution in [2.75, 3.05) is 0 Å². The lowest BCUT2D eigenvalue weighted by molar-refractivity contribution is -0.150. The van der Waals surface area contributed by atoms with Crippen molar-refractivity contribution >= 4 is 12.0 Å². The van der Waals surface area contributed by atoms with Crippen LogP contribution in [-0.4, -0.2) is 5.97 Å².